The van der Waals surface area contributed by atoms with Gasteiger partial charge in [-0.25, -0.2) is 0 Å². The Morgan fingerprint density at radius 2 is 1.96 bits per heavy atom. The Kier molecular flexibility index (Phi) is 6.29. The standard InChI is InChI=1S/C19H25ClN2O3/c20-15-11-18(13-21-12-15)25-17-6-8-22(9-7-17)19(24)14-4-2-1-3-5-16(23)10-14/h11-14,17H,1-10H2. The van der Waals surface area contributed by atoms with Crippen LogP contribution in [-0.4, -0.2) is 40.8 Å². The summed E-state index contributed by atoms with van der Waals surface area (Å²) in [5.74, 6) is 0.938. The summed E-state index contributed by atoms with van der Waals surface area (Å²) in [7, 11) is 0. The largest absolute Gasteiger partial charge is 0.489 e. The Balaban J connectivity index is 1.50. The van der Waals surface area contributed by atoms with Crippen molar-refractivity contribution in [3.8, 4) is 5.75 Å². The first kappa shape index (κ1) is 18.2. The average molecular weight is 365 g/mol. The maximum Gasteiger partial charge on any atom is 0.226 e. The fraction of sp³-hybridized carbons (Fsp3) is 0.632. The van der Waals surface area contributed by atoms with Crippen LogP contribution in [0.3, 0.4) is 0 Å². The quantitative estimate of drug-likeness (QED) is 0.821. The molecular formula is C19H25ClN2O3. The van der Waals surface area contributed by atoms with Crippen LogP contribution in [0.15, 0.2) is 18.5 Å². The lowest BCUT2D eigenvalue weighted by Gasteiger charge is -2.34. The lowest BCUT2D eigenvalue weighted by molar-refractivity contribution is -0.140. The number of likely N-dealkylation sites (tertiary alicyclic amines) is 1. The number of aromatic nitrogens is 1. The van der Waals surface area contributed by atoms with E-state index in [1.807, 2.05) is 4.90 Å². The maximum atomic E-state index is 12.8. The molecule has 2 heterocycles. The molecule has 0 aromatic carbocycles. The van der Waals surface area contributed by atoms with Crippen molar-refractivity contribution in [2.45, 2.75) is 57.5 Å². The van der Waals surface area contributed by atoms with Gasteiger partial charge >= 0.3 is 0 Å². The second-order valence-corrected chi connectivity index (χ2v) is 7.46. The number of amides is 1. The van der Waals surface area contributed by atoms with E-state index in [0.717, 1.165) is 38.5 Å². The van der Waals surface area contributed by atoms with Gasteiger partial charge in [0.25, 0.3) is 0 Å². The first-order valence-corrected chi connectivity index (χ1v) is 9.57. The van der Waals surface area contributed by atoms with Crippen molar-refractivity contribution in [2.75, 3.05) is 13.1 Å². The minimum Gasteiger partial charge on any atom is -0.489 e. The van der Waals surface area contributed by atoms with Gasteiger partial charge in [-0.05, 0) is 12.8 Å². The van der Waals surface area contributed by atoms with E-state index in [2.05, 4.69) is 4.98 Å². The number of nitrogens with zero attached hydrogens (tertiary/aromatic N) is 2. The molecule has 1 saturated heterocycles. The molecule has 0 spiro atoms. The number of Topliss-reactive ketones (excluding diaryl/α,β-unsaturated/α-hetero) is 1. The topological polar surface area (TPSA) is 59.5 Å². The monoisotopic (exact) mass is 364 g/mol. The average Bonchev–Trinajstić information content (AvgIpc) is 2.58. The van der Waals surface area contributed by atoms with E-state index in [1.54, 1.807) is 18.5 Å². The van der Waals surface area contributed by atoms with Crippen LogP contribution in [-0.2, 0) is 9.59 Å². The Labute approximate surface area is 153 Å². The normalized spacial score (nSPS) is 23.0. The number of hydrogen-bond acceptors (Lipinski definition) is 4. The van der Waals surface area contributed by atoms with E-state index < -0.39 is 0 Å². The predicted octanol–water partition coefficient (Wildman–Crippen LogP) is 3.64. The van der Waals surface area contributed by atoms with E-state index in [4.69, 9.17) is 16.3 Å². The Morgan fingerprint density at radius 3 is 2.72 bits per heavy atom. The smallest absolute Gasteiger partial charge is 0.226 e. The molecule has 1 amide bonds. The number of ether oxygens (including phenoxy) is 1. The van der Waals surface area contributed by atoms with Crippen molar-refractivity contribution < 1.29 is 14.3 Å². The third-order valence-electron chi connectivity index (χ3n) is 5.07. The zero-order valence-corrected chi connectivity index (χ0v) is 15.2. The summed E-state index contributed by atoms with van der Waals surface area (Å²) in [4.78, 5) is 30.6. The second kappa shape index (κ2) is 8.65. The van der Waals surface area contributed by atoms with Crippen molar-refractivity contribution in [3.05, 3.63) is 23.5 Å². The molecule has 0 radical (unpaired) electrons. The number of carbonyl (C=O) groups excluding carboxylic acids is 2. The van der Waals surface area contributed by atoms with Crippen LogP contribution in [0.25, 0.3) is 0 Å². The summed E-state index contributed by atoms with van der Waals surface area (Å²) in [6.07, 6.45) is 9.85. The molecule has 0 N–H and O–H groups in total. The molecular weight excluding hydrogens is 340 g/mol. The fourth-order valence-electron chi connectivity index (χ4n) is 3.68. The molecule has 1 aliphatic heterocycles. The van der Waals surface area contributed by atoms with E-state index in [9.17, 15) is 9.59 Å². The molecule has 1 aliphatic carbocycles. The fourth-order valence-corrected chi connectivity index (χ4v) is 3.84. The molecule has 2 fully saturated rings. The Morgan fingerprint density at radius 1 is 1.16 bits per heavy atom. The number of carbonyl (C=O) groups is 2. The highest BCUT2D eigenvalue weighted by molar-refractivity contribution is 6.30. The summed E-state index contributed by atoms with van der Waals surface area (Å²) in [5, 5.41) is 0.555. The van der Waals surface area contributed by atoms with Gasteiger partial charge in [0.2, 0.25) is 5.91 Å². The minimum absolute atomic E-state index is 0.0725. The van der Waals surface area contributed by atoms with Gasteiger partial charge in [-0.2, -0.15) is 0 Å². The zero-order chi connectivity index (χ0) is 17.6. The molecule has 1 unspecified atom stereocenters. The molecule has 25 heavy (non-hydrogen) atoms. The summed E-state index contributed by atoms with van der Waals surface area (Å²) in [6, 6.07) is 1.76. The van der Waals surface area contributed by atoms with Crippen molar-refractivity contribution in [1.29, 1.82) is 0 Å². The maximum absolute atomic E-state index is 12.8. The van der Waals surface area contributed by atoms with E-state index >= 15 is 0 Å². The third kappa shape index (κ3) is 5.18. The molecule has 0 bridgehead atoms. The Bertz CT molecular complexity index is 614. The second-order valence-electron chi connectivity index (χ2n) is 7.02. The van der Waals surface area contributed by atoms with Crippen molar-refractivity contribution in [1.82, 2.24) is 9.88 Å². The number of rotatable bonds is 3. The molecule has 6 heteroatoms. The Hall–Kier alpha value is -1.62. The van der Waals surface area contributed by atoms with E-state index in [0.29, 0.717) is 36.7 Å². The lowest BCUT2D eigenvalue weighted by Crippen LogP contribution is -2.44. The molecule has 1 aromatic rings. The number of pyridine rings is 1. The molecule has 1 aromatic heterocycles. The summed E-state index contributed by atoms with van der Waals surface area (Å²) in [5.41, 5.74) is 0. The van der Waals surface area contributed by atoms with Gasteiger partial charge in [-0.15, -0.1) is 0 Å². The first-order valence-electron chi connectivity index (χ1n) is 9.19. The summed E-state index contributed by atoms with van der Waals surface area (Å²) in [6.45, 7) is 1.37. The van der Waals surface area contributed by atoms with Crippen LogP contribution in [0.5, 0.6) is 5.75 Å². The van der Waals surface area contributed by atoms with Crippen molar-refractivity contribution >= 4 is 23.3 Å². The van der Waals surface area contributed by atoms with Crippen LogP contribution >= 0.6 is 11.6 Å². The van der Waals surface area contributed by atoms with Gasteiger partial charge in [0, 0.05) is 57.0 Å². The van der Waals surface area contributed by atoms with Crippen LogP contribution in [0.4, 0.5) is 0 Å². The minimum atomic E-state index is -0.123. The molecule has 2 aliphatic rings. The van der Waals surface area contributed by atoms with Crippen LogP contribution in [0.2, 0.25) is 5.02 Å². The number of hydrogen-bond donors (Lipinski definition) is 0. The molecule has 5 nitrogen and oxygen atoms in total. The highest BCUT2D eigenvalue weighted by Gasteiger charge is 2.30. The van der Waals surface area contributed by atoms with E-state index in [1.165, 1.54) is 0 Å². The van der Waals surface area contributed by atoms with Crippen molar-refractivity contribution in [3.63, 3.8) is 0 Å². The number of piperidine rings is 1. The van der Waals surface area contributed by atoms with Crippen LogP contribution < -0.4 is 4.74 Å². The number of halogens is 1. The van der Waals surface area contributed by atoms with E-state index in [-0.39, 0.29) is 23.7 Å². The first-order chi connectivity index (χ1) is 12.1. The van der Waals surface area contributed by atoms with Gasteiger partial charge in [-0.1, -0.05) is 24.4 Å². The van der Waals surface area contributed by atoms with Crippen LogP contribution in [0, 0.1) is 5.92 Å². The van der Waals surface area contributed by atoms with Crippen molar-refractivity contribution in [2.24, 2.45) is 5.92 Å². The summed E-state index contributed by atoms with van der Waals surface area (Å²) < 4.78 is 5.92. The summed E-state index contributed by atoms with van der Waals surface area (Å²) >= 11 is 5.93. The highest BCUT2D eigenvalue weighted by Crippen LogP contribution is 2.25. The zero-order valence-electron chi connectivity index (χ0n) is 14.5. The molecule has 136 valence electrons. The molecule has 1 atom stereocenters. The van der Waals surface area contributed by atoms with Gasteiger partial charge in [0.1, 0.15) is 17.6 Å². The third-order valence-corrected chi connectivity index (χ3v) is 5.27. The predicted molar refractivity (Wildman–Crippen MR) is 95.7 cm³/mol. The number of ketones is 1. The van der Waals surface area contributed by atoms with Gasteiger partial charge < -0.3 is 9.64 Å². The van der Waals surface area contributed by atoms with Gasteiger partial charge in [0.15, 0.2) is 0 Å². The highest BCUT2D eigenvalue weighted by atomic mass is 35.5. The lowest BCUT2D eigenvalue weighted by atomic mass is 9.89. The van der Waals surface area contributed by atoms with Gasteiger partial charge in [-0.3, -0.25) is 14.6 Å². The van der Waals surface area contributed by atoms with Gasteiger partial charge in [0.05, 0.1) is 11.2 Å². The SMILES string of the molecule is O=C1CCCCCC(C(=O)N2CCC(Oc3cncc(Cl)c3)CC2)C1. The van der Waals surface area contributed by atoms with Crippen LogP contribution in [0.1, 0.15) is 51.4 Å². The molecule has 3 rings (SSSR count). The molecule has 1 saturated carbocycles.